The molecule has 0 spiro atoms. The van der Waals surface area contributed by atoms with Gasteiger partial charge in [-0.1, -0.05) is 0 Å². The van der Waals surface area contributed by atoms with Crippen LogP contribution in [0.3, 0.4) is 0 Å². The lowest BCUT2D eigenvalue weighted by Crippen LogP contribution is -2.44. The highest BCUT2D eigenvalue weighted by molar-refractivity contribution is 5.97. The first-order valence-electron chi connectivity index (χ1n) is 6.23. The number of hydrogen-bond donors (Lipinski definition) is 3. The number of anilines is 1. The topological polar surface area (TPSA) is 96.0 Å². The maximum atomic E-state index is 11.8. The summed E-state index contributed by atoms with van der Waals surface area (Å²) in [5.41, 5.74) is 0.317. The van der Waals surface area contributed by atoms with E-state index in [2.05, 4.69) is 25.9 Å². The molecule has 0 radical (unpaired) electrons. The fourth-order valence-electron chi connectivity index (χ4n) is 1.37. The molecule has 104 valence electrons. The van der Waals surface area contributed by atoms with Gasteiger partial charge in [0.1, 0.15) is 6.04 Å². The van der Waals surface area contributed by atoms with E-state index in [1.165, 1.54) is 12.4 Å². The van der Waals surface area contributed by atoms with Crippen molar-refractivity contribution in [3.8, 4) is 0 Å². The lowest BCUT2D eigenvalue weighted by Gasteiger charge is -2.13. The van der Waals surface area contributed by atoms with Gasteiger partial charge in [-0.25, -0.2) is 9.97 Å². The van der Waals surface area contributed by atoms with Crippen LogP contribution in [0.2, 0.25) is 0 Å². The van der Waals surface area contributed by atoms with Gasteiger partial charge in [-0.2, -0.15) is 0 Å². The Morgan fingerprint density at radius 3 is 2.37 bits per heavy atom. The van der Waals surface area contributed by atoms with Crippen molar-refractivity contribution in [2.45, 2.75) is 26.8 Å². The Hall–Kier alpha value is -2.18. The molecule has 1 rings (SSSR count). The van der Waals surface area contributed by atoms with Crippen molar-refractivity contribution in [3.63, 3.8) is 0 Å². The maximum Gasteiger partial charge on any atom is 0.255 e. The summed E-state index contributed by atoms with van der Waals surface area (Å²) in [6, 6.07) is -0.596. The van der Waals surface area contributed by atoms with Gasteiger partial charge in [0.2, 0.25) is 11.9 Å². The predicted octanol–water partition coefficient (Wildman–Crippen LogP) is 0.163. The SMILES string of the molecule is CCNC(=O)[C@@H](C)NC(=O)c1cnc(NCC)nc1. The predicted molar refractivity (Wildman–Crippen MR) is 71.8 cm³/mol. The molecule has 0 aliphatic rings. The second-order valence-electron chi connectivity index (χ2n) is 3.92. The Balaban J connectivity index is 2.60. The van der Waals surface area contributed by atoms with E-state index in [0.29, 0.717) is 24.6 Å². The summed E-state index contributed by atoms with van der Waals surface area (Å²) in [6.45, 7) is 6.60. The molecule has 1 heterocycles. The summed E-state index contributed by atoms with van der Waals surface area (Å²) >= 11 is 0. The van der Waals surface area contributed by atoms with E-state index in [1.54, 1.807) is 6.92 Å². The lowest BCUT2D eigenvalue weighted by molar-refractivity contribution is -0.122. The summed E-state index contributed by atoms with van der Waals surface area (Å²) in [7, 11) is 0. The molecule has 0 bridgehead atoms. The van der Waals surface area contributed by atoms with Crippen LogP contribution in [0.1, 0.15) is 31.1 Å². The molecule has 3 N–H and O–H groups in total. The fourth-order valence-corrected chi connectivity index (χ4v) is 1.37. The van der Waals surface area contributed by atoms with Gasteiger partial charge in [-0.05, 0) is 20.8 Å². The van der Waals surface area contributed by atoms with E-state index in [9.17, 15) is 9.59 Å². The minimum absolute atomic E-state index is 0.221. The highest BCUT2D eigenvalue weighted by Crippen LogP contribution is 2.00. The Bertz CT molecular complexity index is 432. The molecule has 7 nitrogen and oxygen atoms in total. The number of rotatable bonds is 6. The second-order valence-corrected chi connectivity index (χ2v) is 3.92. The molecule has 1 aromatic heterocycles. The molecule has 0 saturated heterocycles. The standard InChI is InChI=1S/C12H19N5O2/c1-4-13-10(18)8(3)17-11(19)9-6-15-12(14-5-2)16-7-9/h6-8H,4-5H2,1-3H3,(H,13,18)(H,17,19)(H,14,15,16)/t8-/m1/s1. The van der Waals surface area contributed by atoms with Gasteiger partial charge in [-0.15, -0.1) is 0 Å². The van der Waals surface area contributed by atoms with Crippen molar-refractivity contribution < 1.29 is 9.59 Å². The minimum Gasteiger partial charge on any atom is -0.355 e. The third-order valence-electron chi connectivity index (χ3n) is 2.34. The number of aromatic nitrogens is 2. The molecule has 1 aromatic rings. The largest absolute Gasteiger partial charge is 0.355 e. The number of carbonyl (C=O) groups excluding carboxylic acids is 2. The van der Waals surface area contributed by atoms with E-state index >= 15 is 0 Å². The van der Waals surface area contributed by atoms with Crippen LogP contribution in [-0.2, 0) is 4.79 Å². The monoisotopic (exact) mass is 265 g/mol. The Morgan fingerprint density at radius 1 is 1.21 bits per heavy atom. The first-order valence-corrected chi connectivity index (χ1v) is 6.23. The molecule has 7 heteroatoms. The van der Waals surface area contributed by atoms with Gasteiger partial charge in [0.15, 0.2) is 0 Å². The molecule has 0 aliphatic heterocycles. The summed E-state index contributed by atoms with van der Waals surface area (Å²) in [4.78, 5) is 31.3. The highest BCUT2D eigenvalue weighted by atomic mass is 16.2. The van der Waals surface area contributed by atoms with E-state index in [4.69, 9.17) is 0 Å². The van der Waals surface area contributed by atoms with Gasteiger partial charge in [0.25, 0.3) is 5.91 Å². The summed E-state index contributed by atoms with van der Waals surface area (Å²) < 4.78 is 0. The average molecular weight is 265 g/mol. The van der Waals surface area contributed by atoms with Crippen molar-refractivity contribution in [2.24, 2.45) is 0 Å². The fraction of sp³-hybridized carbons (Fsp3) is 0.500. The van der Waals surface area contributed by atoms with Crippen LogP contribution in [0, 0.1) is 0 Å². The zero-order chi connectivity index (χ0) is 14.3. The average Bonchev–Trinajstić information content (AvgIpc) is 2.40. The summed E-state index contributed by atoms with van der Waals surface area (Å²) in [5.74, 6) is -0.126. The van der Waals surface area contributed by atoms with Crippen LogP contribution in [0.4, 0.5) is 5.95 Å². The minimum atomic E-state index is -0.596. The summed E-state index contributed by atoms with van der Waals surface area (Å²) in [6.07, 6.45) is 2.84. The molecule has 0 unspecified atom stereocenters. The van der Waals surface area contributed by atoms with Gasteiger partial charge in [-0.3, -0.25) is 9.59 Å². The molecule has 0 fully saturated rings. The highest BCUT2D eigenvalue weighted by Gasteiger charge is 2.16. The van der Waals surface area contributed by atoms with E-state index in [1.807, 2.05) is 13.8 Å². The lowest BCUT2D eigenvalue weighted by atomic mass is 10.2. The second kappa shape index (κ2) is 7.30. The van der Waals surface area contributed by atoms with Crippen LogP contribution in [0.15, 0.2) is 12.4 Å². The molecular weight excluding hydrogens is 246 g/mol. The molecule has 19 heavy (non-hydrogen) atoms. The van der Waals surface area contributed by atoms with Crippen LogP contribution in [0.5, 0.6) is 0 Å². The third-order valence-corrected chi connectivity index (χ3v) is 2.34. The third kappa shape index (κ3) is 4.53. The van der Waals surface area contributed by atoms with E-state index in [0.717, 1.165) is 0 Å². The van der Waals surface area contributed by atoms with E-state index in [-0.39, 0.29) is 11.8 Å². The van der Waals surface area contributed by atoms with Gasteiger partial charge < -0.3 is 16.0 Å². The van der Waals surface area contributed by atoms with Crippen molar-refractivity contribution in [1.82, 2.24) is 20.6 Å². The van der Waals surface area contributed by atoms with Crippen molar-refractivity contribution in [1.29, 1.82) is 0 Å². The van der Waals surface area contributed by atoms with Crippen molar-refractivity contribution >= 4 is 17.8 Å². The van der Waals surface area contributed by atoms with Crippen LogP contribution >= 0.6 is 0 Å². The van der Waals surface area contributed by atoms with Gasteiger partial charge in [0.05, 0.1) is 5.56 Å². The van der Waals surface area contributed by atoms with E-state index < -0.39 is 6.04 Å². The number of amides is 2. The number of carbonyl (C=O) groups is 2. The van der Waals surface area contributed by atoms with Gasteiger partial charge >= 0.3 is 0 Å². The molecular formula is C12H19N5O2. The van der Waals surface area contributed by atoms with Crippen LogP contribution in [-0.4, -0.2) is 40.9 Å². The normalized spacial score (nSPS) is 11.5. The quantitative estimate of drug-likeness (QED) is 0.681. The molecule has 0 saturated carbocycles. The van der Waals surface area contributed by atoms with Crippen molar-refractivity contribution in [2.75, 3.05) is 18.4 Å². The maximum absolute atomic E-state index is 11.8. The first-order chi connectivity index (χ1) is 9.08. The molecule has 0 aliphatic carbocycles. The number of nitrogens with one attached hydrogen (secondary N) is 3. The number of likely N-dealkylation sites (N-methyl/N-ethyl adjacent to an activating group) is 1. The summed E-state index contributed by atoms with van der Waals surface area (Å²) in [5, 5.41) is 8.15. The number of hydrogen-bond acceptors (Lipinski definition) is 5. The van der Waals surface area contributed by atoms with Crippen molar-refractivity contribution in [3.05, 3.63) is 18.0 Å². The van der Waals surface area contributed by atoms with Gasteiger partial charge in [0, 0.05) is 25.5 Å². The number of nitrogens with zero attached hydrogens (tertiary/aromatic N) is 2. The molecule has 0 aromatic carbocycles. The van der Waals surface area contributed by atoms with Crippen LogP contribution in [0.25, 0.3) is 0 Å². The van der Waals surface area contributed by atoms with Crippen LogP contribution < -0.4 is 16.0 Å². The Labute approximate surface area is 112 Å². The zero-order valence-corrected chi connectivity index (χ0v) is 11.4. The molecule has 2 amide bonds. The first kappa shape index (κ1) is 14.9. The smallest absolute Gasteiger partial charge is 0.255 e. The molecule has 1 atom stereocenters. The zero-order valence-electron chi connectivity index (χ0n) is 11.4. The Kier molecular flexibility index (Phi) is 5.72. The Morgan fingerprint density at radius 2 is 1.84 bits per heavy atom.